The van der Waals surface area contributed by atoms with Crippen molar-refractivity contribution in [3.8, 4) is 11.5 Å². The van der Waals surface area contributed by atoms with Crippen LogP contribution in [0.25, 0.3) is 0 Å². The standard InChI is InChI=1S/C27H29ClN2O5/c1-33-23-14-11-19(16-24(23)34-2)27(32)30(17-22-8-5-15-35-22)25(18-9-12-20(28)13-10-18)26(31)29-21-6-3-4-7-21/h5,8-16,21,25H,3-4,6-7,17H2,1-2H3,(H,29,31)/t25-/m0/s1. The van der Waals surface area contributed by atoms with Crippen LogP contribution in [0.4, 0.5) is 0 Å². The molecule has 1 atom stereocenters. The molecule has 184 valence electrons. The average molecular weight is 497 g/mol. The van der Waals surface area contributed by atoms with Crippen LogP contribution in [0.2, 0.25) is 5.02 Å². The van der Waals surface area contributed by atoms with Gasteiger partial charge in [0.1, 0.15) is 11.8 Å². The fourth-order valence-electron chi connectivity index (χ4n) is 4.45. The van der Waals surface area contributed by atoms with Crippen LogP contribution in [0.15, 0.2) is 65.3 Å². The largest absolute Gasteiger partial charge is 0.493 e. The van der Waals surface area contributed by atoms with Gasteiger partial charge in [-0.25, -0.2) is 0 Å². The molecule has 7 nitrogen and oxygen atoms in total. The van der Waals surface area contributed by atoms with Gasteiger partial charge in [-0.3, -0.25) is 9.59 Å². The SMILES string of the molecule is COc1ccc(C(=O)N(Cc2ccco2)[C@H](C(=O)NC2CCCC2)c2ccc(Cl)cc2)cc1OC. The molecule has 0 radical (unpaired) electrons. The van der Waals surface area contributed by atoms with E-state index in [2.05, 4.69) is 5.32 Å². The second kappa shape index (κ2) is 11.3. The first-order chi connectivity index (χ1) is 17.0. The zero-order valence-corrected chi connectivity index (χ0v) is 20.6. The Labute approximate surface area is 210 Å². The predicted octanol–water partition coefficient (Wildman–Crippen LogP) is 5.39. The number of amides is 2. The molecule has 2 aromatic carbocycles. The minimum atomic E-state index is -0.890. The third-order valence-corrected chi connectivity index (χ3v) is 6.50. The maximum Gasteiger partial charge on any atom is 0.255 e. The Morgan fingerprint density at radius 1 is 1.06 bits per heavy atom. The van der Waals surface area contributed by atoms with Gasteiger partial charge in [-0.2, -0.15) is 0 Å². The van der Waals surface area contributed by atoms with Gasteiger partial charge in [0.05, 0.1) is 27.0 Å². The first-order valence-corrected chi connectivity index (χ1v) is 12.0. The Kier molecular flexibility index (Phi) is 7.98. The molecular weight excluding hydrogens is 468 g/mol. The summed E-state index contributed by atoms with van der Waals surface area (Å²) in [5, 5.41) is 3.71. The summed E-state index contributed by atoms with van der Waals surface area (Å²) in [5.74, 6) is 0.916. The number of furan rings is 1. The summed E-state index contributed by atoms with van der Waals surface area (Å²) in [7, 11) is 3.05. The molecule has 8 heteroatoms. The molecule has 0 aliphatic heterocycles. The van der Waals surface area contributed by atoms with E-state index in [1.54, 1.807) is 60.9 Å². The lowest BCUT2D eigenvalue weighted by molar-refractivity contribution is -0.126. The minimum Gasteiger partial charge on any atom is -0.493 e. The number of nitrogens with one attached hydrogen (secondary N) is 1. The molecule has 0 bridgehead atoms. The summed E-state index contributed by atoms with van der Waals surface area (Å²) < 4.78 is 16.3. The van der Waals surface area contributed by atoms with Crippen LogP contribution in [0.1, 0.15) is 53.4 Å². The topological polar surface area (TPSA) is 81.0 Å². The van der Waals surface area contributed by atoms with Gasteiger partial charge in [0.15, 0.2) is 11.5 Å². The number of ether oxygens (including phenoxy) is 2. The van der Waals surface area contributed by atoms with E-state index in [0.717, 1.165) is 25.7 Å². The summed E-state index contributed by atoms with van der Waals surface area (Å²) >= 11 is 6.13. The molecule has 0 spiro atoms. The number of carbonyl (C=O) groups is 2. The van der Waals surface area contributed by atoms with Gasteiger partial charge in [0.25, 0.3) is 5.91 Å². The van der Waals surface area contributed by atoms with E-state index in [4.69, 9.17) is 25.5 Å². The fraction of sp³-hybridized carbons (Fsp3) is 0.333. The fourth-order valence-corrected chi connectivity index (χ4v) is 4.58. The molecule has 1 heterocycles. The first kappa shape index (κ1) is 24.7. The van der Waals surface area contributed by atoms with Gasteiger partial charge in [-0.05, 0) is 60.9 Å². The normalized spacial score (nSPS) is 14.4. The number of rotatable bonds is 9. The maximum absolute atomic E-state index is 13.9. The van der Waals surface area contributed by atoms with E-state index in [-0.39, 0.29) is 24.4 Å². The summed E-state index contributed by atoms with van der Waals surface area (Å²) in [6.07, 6.45) is 5.57. The number of benzene rings is 2. The molecule has 1 fully saturated rings. The van der Waals surface area contributed by atoms with E-state index in [1.807, 2.05) is 0 Å². The van der Waals surface area contributed by atoms with Crippen molar-refractivity contribution in [3.05, 3.63) is 82.8 Å². The maximum atomic E-state index is 13.9. The van der Waals surface area contributed by atoms with Gasteiger partial charge in [0, 0.05) is 16.6 Å². The lowest BCUT2D eigenvalue weighted by Gasteiger charge is -2.32. The molecular formula is C27H29ClN2O5. The van der Waals surface area contributed by atoms with Crippen LogP contribution in [0.3, 0.4) is 0 Å². The lowest BCUT2D eigenvalue weighted by Crippen LogP contribution is -2.45. The molecule has 1 aliphatic carbocycles. The lowest BCUT2D eigenvalue weighted by atomic mass is 10.0. The van der Waals surface area contributed by atoms with Gasteiger partial charge in [-0.15, -0.1) is 0 Å². The number of hydrogen-bond donors (Lipinski definition) is 1. The molecule has 1 aliphatic rings. The van der Waals surface area contributed by atoms with Crippen molar-refractivity contribution in [1.29, 1.82) is 0 Å². The number of halogens is 1. The summed E-state index contributed by atoms with van der Waals surface area (Å²) in [4.78, 5) is 29.2. The number of carbonyl (C=O) groups excluding carboxylic acids is 2. The third kappa shape index (κ3) is 5.80. The highest BCUT2D eigenvalue weighted by Gasteiger charge is 2.34. The quantitative estimate of drug-likeness (QED) is 0.429. The molecule has 0 unspecified atom stereocenters. The second-order valence-corrected chi connectivity index (χ2v) is 8.96. The Balaban J connectivity index is 1.75. The summed E-state index contributed by atoms with van der Waals surface area (Å²) in [5.41, 5.74) is 1.02. The zero-order valence-electron chi connectivity index (χ0n) is 19.8. The highest BCUT2D eigenvalue weighted by atomic mass is 35.5. The van der Waals surface area contributed by atoms with Crippen molar-refractivity contribution in [2.75, 3.05) is 14.2 Å². The average Bonchev–Trinajstić information content (AvgIpc) is 3.58. The predicted molar refractivity (Wildman–Crippen MR) is 133 cm³/mol. The minimum absolute atomic E-state index is 0.0962. The van der Waals surface area contributed by atoms with Crippen LogP contribution in [0, 0.1) is 0 Å². The number of hydrogen-bond acceptors (Lipinski definition) is 5. The highest BCUT2D eigenvalue weighted by Crippen LogP contribution is 2.32. The number of methoxy groups -OCH3 is 2. The highest BCUT2D eigenvalue weighted by molar-refractivity contribution is 6.30. The van der Waals surface area contributed by atoms with Crippen molar-refractivity contribution in [2.45, 2.75) is 44.3 Å². The Bertz CT molecular complexity index is 1140. The van der Waals surface area contributed by atoms with Gasteiger partial charge >= 0.3 is 0 Å². The third-order valence-electron chi connectivity index (χ3n) is 6.24. The number of nitrogens with zero attached hydrogens (tertiary/aromatic N) is 1. The molecule has 0 saturated heterocycles. The van der Waals surface area contributed by atoms with Gasteiger partial charge in [-0.1, -0.05) is 36.6 Å². The van der Waals surface area contributed by atoms with Crippen molar-refractivity contribution in [1.82, 2.24) is 10.2 Å². The van der Waals surface area contributed by atoms with Crippen molar-refractivity contribution < 1.29 is 23.5 Å². The first-order valence-electron chi connectivity index (χ1n) is 11.6. The van der Waals surface area contributed by atoms with E-state index < -0.39 is 6.04 Å². The van der Waals surface area contributed by atoms with Crippen molar-refractivity contribution in [3.63, 3.8) is 0 Å². The molecule has 4 rings (SSSR count). The van der Waals surface area contributed by atoms with E-state index in [9.17, 15) is 9.59 Å². The summed E-state index contributed by atoms with van der Waals surface area (Å²) in [6, 6.07) is 14.7. The van der Waals surface area contributed by atoms with Crippen molar-refractivity contribution in [2.24, 2.45) is 0 Å². The van der Waals surface area contributed by atoms with Crippen molar-refractivity contribution >= 4 is 23.4 Å². The molecule has 35 heavy (non-hydrogen) atoms. The molecule has 1 aromatic heterocycles. The zero-order chi connectivity index (χ0) is 24.8. The van der Waals surface area contributed by atoms with Crippen LogP contribution < -0.4 is 14.8 Å². The Morgan fingerprint density at radius 3 is 2.40 bits per heavy atom. The molecule has 2 amide bonds. The molecule has 1 N–H and O–H groups in total. The van der Waals surface area contributed by atoms with Crippen LogP contribution in [-0.4, -0.2) is 37.0 Å². The summed E-state index contributed by atoms with van der Waals surface area (Å²) in [6.45, 7) is 0.103. The smallest absolute Gasteiger partial charge is 0.255 e. The molecule has 1 saturated carbocycles. The van der Waals surface area contributed by atoms with Crippen LogP contribution in [0.5, 0.6) is 11.5 Å². The Morgan fingerprint density at radius 2 is 1.77 bits per heavy atom. The van der Waals surface area contributed by atoms with Crippen LogP contribution in [-0.2, 0) is 11.3 Å². The van der Waals surface area contributed by atoms with Crippen LogP contribution >= 0.6 is 11.6 Å². The van der Waals surface area contributed by atoms with E-state index in [0.29, 0.717) is 33.4 Å². The van der Waals surface area contributed by atoms with Gasteiger partial charge in [0.2, 0.25) is 5.91 Å². The van der Waals surface area contributed by atoms with E-state index in [1.165, 1.54) is 19.1 Å². The van der Waals surface area contributed by atoms with Gasteiger partial charge < -0.3 is 24.1 Å². The Hall–Kier alpha value is -3.45. The monoisotopic (exact) mass is 496 g/mol. The molecule has 3 aromatic rings. The van der Waals surface area contributed by atoms with E-state index >= 15 is 0 Å². The second-order valence-electron chi connectivity index (χ2n) is 8.53.